The summed E-state index contributed by atoms with van der Waals surface area (Å²) in [6, 6.07) is 60.9. The van der Waals surface area contributed by atoms with Crippen LogP contribution >= 0.6 is 0 Å². The first-order valence-electron chi connectivity index (χ1n) is 32.5. The molecule has 0 N–H and O–H groups in total. The second-order valence-corrected chi connectivity index (χ2v) is 31.9. The molecule has 2 saturated carbocycles. The predicted octanol–water partition coefficient (Wildman–Crippen LogP) is 20.2. The van der Waals surface area contributed by atoms with Crippen molar-refractivity contribution in [3.63, 3.8) is 0 Å². The van der Waals surface area contributed by atoms with E-state index in [9.17, 15) is 4.39 Å². The summed E-state index contributed by atoms with van der Waals surface area (Å²) < 4.78 is 14.9. The van der Waals surface area contributed by atoms with Gasteiger partial charge >= 0.3 is 0 Å². The molecule has 8 aromatic carbocycles. The summed E-state index contributed by atoms with van der Waals surface area (Å²) in [7, 11) is 0. The van der Waals surface area contributed by atoms with Crippen LogP contribution in [0, 0.1) is 5.82 Å². The van der Waals surface area contributed by atoms with Gasteiger partial charge in [-0.3, -0.25) is 0 Å². The van der Waals surface area contributed by atoms with Crippen LogP contribution in [0.1, 0.15) is 196 Å². The molecule has 4 aliphatic heterocycles. The maximum atomic E-state index is 14.9. The largest absolute Gasteiger partial charge is 0.334 e. The van der Waals surface area contributed by atoms with Gasteiger partial charge in [-0.1, -0.05) is 189 Å². The molecule has 14 rings (SSSR count). The molecule has 0 saturated heterocycles. The first kappa shape index (κ1) is 56.7. The van der Waals surface area contributed by atoms with Gasteiger partial charge in [0.1, 0.15) is 5.82 Å². The van der Waals surface area contributed by atoms with Crippen molar-refractivity contribution in [3.8, 4) is 11.1 Å². The lowest BCUT2D eigenvalue weighted by molar-refractivity contribution is 0.195. The number of rotatable bonds is 5. The van der Waals surface area contributed by atoms with E-state index >= 15 is 0 Å². The molecule has 0 aromatic heterocycles. The SMILES string of the molecule is CC(C)(C)c1ccc(N2c3ccc(N4c5ccc(-c6cccc(F)c6)cc5C5(C)CCCCC45C)cc3B3c4ccc(C(C)(C)C)cc4N(c4cccc(C(C)(C)C)c4)c4cc(N5c6ccc(C(C)(C)C)cc6C6(C)CCCCC56C)cc2c43)cc1. The second kappa shape index (κ2) is 19.0. The average Bonchev–Trinajstić information content (AvgIpc) is 1.28. The van der Waals surface area contributed by atoms with Crippen molar-refractivity contribution in [1.82, 2.24) is 0 Å². The molecule has 4 atom stereocenters. The standard InChI is InChI=1S/C80H90BFN4/c1-73(2,3)53-28-32-58(33-29-53)83-68-38-34-60(85-66-36-27-52(51-23-21-25-57(82)43-51)44-62(66)77(13)39-17-19-41-79(77,85)15)48-65(68)81-64-35-30-56(76(10,11)12)47-69(64)84(59-26-22-24-54(45-59)74(4,5)6)71-50-61(49-70(83)72(71)81)86-67-37-31-55(75(7,8)9)46-63(67)78(14)40-18-20-42-80(78,86)16/h21-38,43-50H,17-20,39-42H2,1-16H3. The molecule has 0 amide bonds. The Labute approximate surface area is 515 Å². The summed E-state index contributed by atoms with van der Waals surface area (Å²) >= 11 is 0. The molecule has 86 heavy (non-hydrogen) atoms. The van der Waals surface area contributed by atoms with E-state index in [4.69, 9.17) is 0 Å². The molecule has 0 bridgehead atoms. The Kier molecular flexibility index (Phi) is 12.5. The molecule has 2 aliphatic carbocycles. The lowest BCUT2D eigenvalue weighted by Crippen LogP contribution is -2.62. The van der Waals surface area contributed by atoms with E-state index in [0.29, 0.717) is 0 Å². The molecule has 0 spiro atoms. The minimum atomic E-state index is -0.207. The number of fused-ring (bicyclic) bond motifs is 10. The Morgan fingerprint density at radius 1 is 0.360 bits per heavy atom. The highest BCUT2D eigenvalue weighted by atomic mass is 19.1. The van der Waals surface area contributed by atoms with Gasteiger partial charge in [0.2, 0.25) is 0 Å². The number of halogens is 1. The van der Waals surface area contributed by atoms with Crippen molar-refractivity contribution in [3.05, 3.63) is 197 Å². The molecule has 4 nitrogen and oxygen atoms in total. The first-order valence-corrected chi connectivity index (χ1v) is 32.5. The Morgan fingerprint density at radius 3 is 1.47 bits per heavy atom. The van der Waals surface area contributed by atoms with Gasteiger partial charge in [-0.25, -0.2) is 4.39 Å². The summed E-state index contributed by atoms with van der Waals surface area (Å²) in [4.78, 5) is 10.9. The lowest BCUT2D eigenvalue weighted by atomic mass is 9.33. The van der Waals surface area contributed by atoms with Gasteiger partial charge in [0.15, 0.2) is 0 Å². The van der Waals surface area contributed by atoms with Crippen LogP contribution in [0.15, 0.2) is 158 Å². The lowest BCUT2D eigenvalue weighted by Gasteiger charge is -2.51. The summed E-state index contributed by atoms with van der Waals surface area (Å²) in [5, 5.41) is 0. The van der Waals surface area contributed by atoms with Crippen LogP contribution in [0.25, 0.3) is 11.1 Å². The third kappa shape index (κ3) is 8.32. The average molecular weight is 1140 g/mol. The molecule has 6 heteroatoms. The Balaban J connectivity index is 1.08. The van der Waals surface area contributed by atoms with Crippen molar-refractivity contribution in [2.45, 2.75) is 206 Å². The van der Waals surface area contributed by atoms with Crippen molar-refractivity contribution in [2.75, 3.05) is 19.6 Å². The molecule has 440 valence electrons. The smallest absolute Gasteiger partial charge is 0.252 e. The van der Waals surface area contributed by atoms with Gasteiger partial charge in [0, 0.05) is 67.7 Å². The molecule has 4 heterocycles. The quantitative estimate of drug-likeness (QED) is 0.159. The van der Waals surface area contributed by atoms with Crippen molar-refractivity contribution >= 4 is 80.0 Å². The first-order chi connectivity index (χ1) is 40.5. The van der Waals surface area contributed by atoms with Crippen LogP contribution in [0.2, 0.25) is 0 Å². The zero-order valence-electron chi connectivity index (χ0n) is 54.4. The molecule has 4 unspecified atom stereocenters. The fourth-order valence-corrected chi connectivity index (χ4v) is 17.1. The maximum absolute atomic E-state index is 14.9. The van der Waals surface area contributed by atoms with E-state index in [1.165, 1.54) is 127 Å². The van der Waals surface area contributed by atoms with Crippen LogP contribution in [0.3, 0.4) is 0 Å². The van der Waals surface area contributed by atoms with E-state index in [0.717, 1.165) is 42.5 Å². The van der Waals surface area contributed by atoms with Crippen LogP contribution in [-0.4, -0.2) is 17.8 Å². The minimum Gasteiger partial charge on any atom is -0.334 e. The highest BCUT2D eigenvalue weighted by molar-refractivity contribution is 7.00. The van der Waals surface area contributed by atoms with Gasteiger partial charge in [0.25, 0.3) is 6.71 Å². The third-order valence-corrected chi connectivity index (χ3v) is 22.6. The minimum absolute atomic E-state index is 0.0129. The van der Waals surface area contributed by atoms with E-state index in [1.807, 2.05) is 6.07 Å². The zero-order chi connectivity index (χ0) is 60.6. The van der Waals surface area contributed by atoms with E-state index in [1.54, 1.807) is 12.1 Å². The van der Waals surface area contributed by atoms with E-state index in [-0.39, 0.29) is 56.1 Å². The fourth-order valence-electron chi connectivity index (χ4n) is 17.1. The normalized spacial score (nSPS) is 23.1. The number of hydrogen-bond acceptors (Lipinski definition) is 4. The molecular formula is C80H90BFN4. The maximum Gasteiger partial charge on any atom is 0.252 e. The Hall–Kier alpha value is -7.05. The van der Waals surface area contributed by atoms with Gasteiger partial charge in [-0.2, -0.15) is 0 Å². The molecule has 2 fully saturated rings. The fraction of sp³-hybridized carbons (Fsp3) is 0.400. The van der Waals surface area contributed by atoms with Gasteiger partial charge in [0.05, 0.1) is 11.1 Å². The summed E-state index contributed by atoms with van der Waals surface area (Å²) in [5.74, 6) is -0.203. The summed E-state index contributed by atoms with van der Waals surface area (Å²) in [6.45, 7) is 38.4. The monoisotopic (exact) mass is 1140 g/mol. The molecular weight excluding hydrogens is 1050 g/mol. The Morgan fingerprint density at radius 2 is 0.849 bits per heavy atom. The van der Waals surface area contributed by atoms with Crippen molar-refractivity contribution < 1.29 is 4.39 Å². The number of anilines is 10. The van der Waals surface area contributed by atoms with Gasteiger partial charge < -0.3 is 19.6 Å². The van der Waals surface area contributed by atoms with Gasteiger partial charge in [-0.15, -0.1) is 0 Å². The topological polar surface area (TPSA) is 13.0 Å². The van der Waals surface area contributed by atoms with Crippen LogP contribution in [0.5, 0.6) is 0 Å². The van der Waals surface area contributed by atoms with Gasteiger partial charge in [-0.05, 0) is 213 Å². The predicted molar refractivity (Wildman–Crippen MR) is 366 cm³/mol. The summed E-state index contributed by atoms with van der Waals surface area (Å²) in [5.41, 5.74) is 25.8. The molecule has 0 radical (unpaired) electrons. The van der Waals surface area contributed by atoms with Crippen molar-refractivity contribution in [1.29, 1.82) is 0 Å². The summed E-state index contributed by atoms with van der Waals surface area (Å²) in [6.07, 6.45) is 9.23. The van der Waals surface area contributed by atoms with Crippen molar-refractivity contribution in [2.24, 2.45) is 0 Å². The highest BCUT2D eigenvalue weighted by Gasteiger charge is 2.60. The van der Waals surface area contributed by atoms with Crippen LogP contribution in [0.4, 0.5) is 61.3 Å². The van der Waals surface area contributed by atoms with E-state index in [2.05, 4.69) is 270 Å². The number of benzene rings is 8. The molecule has 6 aliphatic rings. The van der Waals surface area contributed by atoms with E-state index < -0.39 is 0 Å². The highest BCUT2D eigenvalue weighted by Crippen LogP contribution is 2.64. The zero-order valence-corrected chi connectivity index (χ0v) is 54.4. The number of nitrogens with zero attached hydrogens (tertiary/aromatic N) is 4. The third-order valence-electron chi connectivity index (χ3n) is 22.6. The van der Waals surface area contributed by atoms with Crippen LogP contribution < -0.4 is 36.0 Å². The van der Waals surface area contributed by atoms with Crippen LogP contribution in [-0.2, 0) is 32.5 Å². The second-order valence-electron chi connectivity index (χ2n) is 31.9. The molecule has 8 aromatic rings. The number of hydrogen-bond donors (Lipinski definition) is 0. The Bertz CT molecular complexity index is 4070.